The fourth-order valence-electron chi connectivity index (χ4n) is 4.22. The minimum Gasteiger partial charge on any atom is -0.619 e. The van der Waals surface area contributed by atoms with Gasteiger partial charge in [-0.1, -0.05) is 11.6 Å². The number of amides is 2. The number of pyridine rings is 2. The van der Waals surface area contributed by atoms with Gasteiger partial charge in [-0.15, -0.1) is 0 Å². The Labute approximate surface area is 219 Å². The molecule has 4 rings (SSSR count). The highest BCUT2D eigenvalue weighted by Crippen LogP contribution is 2.27. The molecule has 2 aromatic heterocycles. The molecule has 0 unspecified atom stereocenters. The summed E-state index contributed by atoms with van der Waals surface area (Å²) in [5.41, 5.74) is -0.326. The van der Waals surface area contributed by atoms with Gasteiger partial charge in [0.15, 0.2) is 12.4 Å². The average Bonchev–Trinajstić information content (AvgIpc) is 2.85. The van der Waals surface area contributed by atoms with Crippen LogP contribution in [0.1, 0.15) is 31.1 Å². The molecule has 194 valence electrons. The summed E-state index contributed by atoms with van der Waals surface area (Å²) in [6.45, 7) is 6.97. The van der Waals surface area contributed by atoms with Gasteiger partial charge < -0.3 is 20.2 Å². The van der Waals surface area contributed by atoms with Crippen LogP contribution in [0.4, 0.5) is 10.2 Å². The van der Waals surface area contributed by atoms with Crippen LogP contribution in [0.5, 0.6) is 11.5 Å². The van der Waals surface area contributed by atoms with Crippen molar-refractivity contribution in [2.45, 2.75) is 32.4 Å². The topological polar surface area (TPSA) is 102 Å². The first-order valence-electron chi connectivity index (χ1n) is 11.7. The maximum absolute atomic E-state index is 13.2. The van der Waals surface area contributed by atoms with E-state index in [1.807, 2.05) is 18.7 Å². The van der Waals surface area contributed by atoms with Crippen LogP contribution in [0.25, 0.3) is 0 Å². The molecule has 1 N–H and O–H groups in total. The molecule has 0 radical (unpaired) electrons. The van der Waals surface area contributed by atoms with Gasteiger partial charge >= 0.3 is 0 Å². The predicted molar refractivity (Wildman–Crippen MR) is 136 cm³/mol. The molecule has 1 atom stereocenters. The predicted octanol–water partition coefficient (Wildman–Crippen LogP) is 3.86. The summed E-state index contributed by atoms with van der Waals surface area (Å²) in [5, 5.41) is 14.3. The average molecular weight is 528 g/mol. The van der Waals surface area contributed by atoms with Crippen LogP contribution in [-0.2, 0) is 4.79 Å². The number of aromatic nitrogens is 2. The lowest BCUT2D eigenvalue weighted by atomic mass is 9.96. The van der Waals surface area contributed by atoms with Gasteiger partial charge in [0.25, 0.3) is 5.91 Å². The number of ether oxygens (including phenoxy) is 1. The molecular weight excluding hydrogens is 501 g/mol. The molecule has 2 amide bonds. The number of rotatable bonds is 6. The molecule has 11 heteroatoms. The monoisotopic (exact) mass is 527 g/mol. The molecule has 3 aromatic rings. The van der Waals surface area contributed by atoms with Gasteiger partial charge in [-0.25, -0.2) is 9.37 Å². The Bertz CT molecular complexity index is 1290. The second-order valence-corrected chi connectivity index (χ2v) is 9.81. The molecule has 0 aliphatic carbocycles. The first kappa shape index (κ1) is 26.3. The quantitative estimate of drug-likeness (QED) is 0.386. The Morgan fingerprint density at radius 3 is 2.49 bits per heavy atom. The van der Waals surface area contributed by atoms with E-state index in [9.17, 15) is 19.2 Å². The number of halogens is 2. The lowest BCUT2D eigenvalue weighted by Gasteiger charge is -2.48. The molecule has 3 heterocycles. The Balaban J connectivity index is 1.35. The molecule has 1 saturated heterocycles. The zero-order valence-electron chi connectivity index (χ0n) is 20.6. The third kappa shape index (κ3) is 6.15. The summed E-state index contributed by atoms with van der Waals surface area (Å²) in [4.78, 5) is 34.1. The Morgan fingerprint density at radius 2 is 1.86 bits per heavy atom. The van der Waals surface area contributed by atoms with Gasteiger partial charge in [0.2, 0.25) is 5.91 Å². The number of nitrogens with zero attached hydrogens (tertiary/aromatic N) is 4. The number of carbonyl (C=O) groups excluding carboxylic acids is 2. The first-order valence-corrected chi connectivity index (χ1v) is 12.1. The largest absolute Gasteiger partial charge is 0.619 e. The van der Waals surface area contributed by atoms with Crippen LogP contribution in [0, 0.1) is 11.0 Å². The molecule has 0 bridgehead atoms. The summed E-state index contributed by atoms with van der Waals surface area (Å²) in [6.07, 6.45) is 3.87. The van der Waals surface area contributed by atoms with Gasteiger partial charge in [0.1, 0.15) is 28.2 Å². The molecule has 1 aromatic carbocycles. The summed E-state index contributed by atoms with van der Waals surface area (Å²) in [5.74, 6) is 0.431. The molecule has 1 aliphatic heterocycles. The SMILES string of the molecule is C[C@@H](C(=O)Nc1ccc(Oc2ccc(F)cc2)cn1)N1CCN(C(=O)c2cc[n+]([O-])cc2Cl)C(C)(C)C1. The van der Waals surface area contributed by atoms with E-state index < -0.39 is 11.6 Å². The van der Waals surface area contributed by atoms with Crippen LogP contribution in [-0.4, -0.2) is 57.8 Å². The summed E-state index contributed by atoms with van der Waals surface area (Å²) in [7, 11) is 0. The number of nitrogens with one attached hydrogen (secondary N) is 1. The number of hydrogen-bond donors (Lipinski definition) is 1. The van der Waals surface area contributed by atoms with Gasteiger partial charge in [0.05, 0.1) is 23.3 Å². The van der Waals surface area contributed by atoms with Crippen LogP contribution < -0.4 is 14.8 Å². The third-order valence-corrected chi connectivity index (χ3v) is 6.56. The van der Waals surface area contributed by atoms with Crippen LogP contribution in [0.3, 0.4) is 0 Å². The second kappa shape index (κ2) is 10.7. The van der Waals surface area contributed by atoms with E-state index in [1.165, 1.54) is 42.7 Å². The maximum Gasteiger partial charge on any atom is 0.256 e. The molecule has 1 fully saturated rings. The van der Waals surface area contributed by atoms with Crippen molar-refractivity contribution in [1.29, 1.82) is 0 Å². The molecule has 9 nitrogen and oxygen atoms in total. The van der Waals surface area contributed by atoms with E-state index >= 15 is 0 Å². The van der Waals surface area contributed by atoms with Crippen LogP contribution in [0.2, 0.25) is 5.02 Å². The van der Waals surface area contributed by atoms with Crippen molar-refractivity contribution >= 4 is 29.2 Å². The van der Waals surface area contributed by atoms with Gasteiger partial charge in [-0.05, 0) is 57.2 Å². The van der Waals surface area contributed by atoms with Crippen LogP contribution >= 0.6 is 11.6 Å². The Morgan fingerprint density at radius 1 is 1.16 bits per heavy atom. The number of benzene rings is 1. The Kier molecular flexibility index (Phi) is 7.60. The highest BCUT2D eigenvalue weighted by atomic mass is 35.5. The van der Waals surface area contributed by atoms with E-state index in [1.54, 1.807) is 24.0 Å². The second-order valence-electron chi connectivity index (χ2n) is 9.41. The van der Waals surface area contributed by atoms with Gasteiger partial charge in [-0.2, -0.15) is 4.73 Å². The lowest BCUT2D eigenvalue weighted by molar-refractivity contribution is -0.605. The van der Waals surface area contributed by atoms with E-state index in [0.717, 1.165) is 6.20 Å². The summed E-state index contributed by atoms with van der Waals surface area (Å²) >= 11 is 6.13. The molecule has 1 aliphatic rings. The number of piperazine rings is 1. The minimum atomic E-state index is -0.589. The third-order valence-electron chi connectivity index (χ3n) is 6.26. The number of anilines is 1. The minimum absolute atomic E-state index is 0.0926. The molecule has 0 saturated carbocycles. The van der Waals surface area contributed by atoms with E-state index in [2.05, 4.69) is 10.3 Å². The van der Waals surface area contributed by atoms with Gasteiger partial charge in [0, 0.05) is 25.7 Å². The lowest BCUT2D eigenvalue weighted by Crippen LogP contribution is -2.63. The molecule has 0 spiro atoms. The van der Waals surface area contributed by atoms with Crippen molar-refractivity contribution in [1.82, 2.24) is 14.8 Å². The normalized spacial score (nSPS) is 16.2. The molecular formula is C26H27ClFN5O4. The zero-order valence-corrected chi connectivity index (χ0v) is 21.4. The van der Waals surface area contributed by atoms with E-state index in [-0.39, 0.29) is 28.2 Å². The highest BCUT2D eigenvalue weighted by molar-refractivity contribution is 6.33. The highest BCUT2D eigenvalue weighted by Gasteiger charge is 2.40. The van der Waals surface area contributed by atoms with Crippen molar-refractivity contribution in [3.8, 4) is 11.5 Å². The summed E-state index contributed by atoms with van der Waals surface area (Å²) < 4.78 is 19.2. The number of hydrogen-bond acceptors (Lipinski definition) is 6. The Hall–Kier alpha value is -3.76. The van der Waals surface area contributed by atoms with Crippen molar-refractivity contribution in [2.75, 3.05) is 25.0 Å². The van der Waals surface area contributed by atoms with E-state index in [0.29, 0.717) is 41.7 Å². The smallest absolute Gasteiger partial charge is 0.256 e. The standard InChI is InChI=1S/C26H27ClFN5O4/c1-17(24(34)30-23-9-8-20(14-29-23)37-19-6-4-18(28)5-7-19)31-12-13-33(26(2,3)16-31)25(35)21-10-11-32(36)15-22(21)27/h4-11,14-15,17H,12-13,16H2,1-3H3,(H,29,30,34)/t17-/m0/s1. The fourth-order valence-corrected chi connectivity index (χ4v) is 4.46. The fraction of sp³-hybridized carbons (Fsp3) is 0.308. The van der Waals surface area contributed by atoms with Crippen LogP contribution in [0.15, 0.2) is 61.1 Å². The van der Waals surface area contributed by atoms with Crippen molar-refractivity contribution in [3.63, 3.8) is 0 Å². The van der Waals surface area contributed by atoms with Crippen molar-refractivity contribution in [3.05, 3.63) is 82.7 Å². The number of carbonyl (C=O) groups is 2. The van der Waals surface area contributed by atoms with E-state index in [4.69, 9.17) is 16.3 Å². The van der Waals surface area contributed by atoms with Crippen molar-refractivity contribution < 1.29 is 23.4 Å². The molecule has 37 heavy (non-hydrogen) atoms. The first-order chi connectivity index (χ1) is 17.5. The zero-order chi connectivity index (χ0) is 26.7. The summed E-state index contributed by atoms with van der Waals surface area (Å²) in [6, 6.07) is 9.85. The maximum atomic E-state index is 13.2. The van der Waals surface area contributed by atoms with Crippen molar-refractivity contribution in [2.24, 2.45) is 0 Å². The van der Waals surface area contributed by atoms with Gasteiger partial charge in [-0.3, -0.25) is 14.5 Å².